The second-order valence-corrected chi connectivity index (χ2v) is 6.46. The van der Waals surface area contributed by atoms with E-state index in [-0.39, 0.29) is 17.1 Å². The van der Waals surface area contributed by atoms with Gasteiger partial charge in [-0.2, -0.15) is 0 Å². The van der Waals surface area contributed by atoms with E-state index in [0.29, 0.717) is 10.9 Å². The van der Waals surface area contributed by atoms with Crippen LogP contribution in [0.15, 0.2) is 67.9 Å². The molecule has 0 atom stereocenters. The molecule has 0 unspecified atom stereocenters. The lowest BCUT2D eigenvalue weighted by Crippen LogP contribution is -2.19. The molecule has 2 aromatic carbocycles. The first kappa shape index (κ1) is 17.7. The number of nitrogens with one attached hydrogen (secondary N) is 1. The summed E-state index contributed by atoms with van der Waals surface area (Å²) in [6.07, 6.45) is -0.350. The van der Waals surface area contributed by atoms with Gasteiger partial charge in [-0.15, -0.1) is 0 Å². The third-order valence-electron chi connectivity index (χ3n) is 3.64. The maximum absolute atomic E-state index is 12.2. The predicted octanol–water partition coefficient (Wildman–Crippen LogP) is 2.69. The van der Waals surface area contributed by atoms with Crippen molar-refractivity contribution in [1.29, 1.82) is 0 Å². The lowest BCUT2D eigenvalue weighted by Gasteiger charge is -2.01. The first-order chi connectivity index (χ1) is 13.6. The Bertz CT molecular complexity index is 1200. The molecule has 2 heterocycles. The first-order valence-electron chi connectivity index (χ1n) is 7.99. The van der Waals surface area contributed by atoms with Gasteiger partial charge in [0, 0.05) is 4.90 Å². The summed E-state index contributed by atoms with van der Waals surface area (Å²) in [5.41, 5.74) is -0.0710. The van der Waals surface area contributed by atoms with Gasteiger partial charge in [0.15, 0.2) is 0 Å². The lowest BCUT2D eigenvalue weighted by atomic mass is 10.2. The summed E-state index contributed by atoms with van der Waals surface area (Å²) in [6.45, 7) is 0. The number of rotatable bonds is 5. The molecular weight excluding hydrogens is 384 g/mol. The summed E-state index contributed by atoms with van der Waals surface area (Å²) in [5.74, 6) is -0.444. The highest BCUT2D eigenvalue weighted by Gasteiger charge is 2.18. The highest BCUT2D eigenvalue weighted by molar-refractivity contribution is 7.99. The van der Waals surface area contributed by atoms with Crippen molar-refractivity contribution < 1.29 is 18.7 Å². The Kier molecular flexibility index (Phi) is 4.77. The largest absolute Gasteiger partial charge is 0.497 e. The number of methoxy groups -OCH3 is 1. The van der Waals surface area contributed by atoms with Crippen molar-refractivity contribution in [2.45, 2.75) is 10.1 Å². The van der Waals surface area contributed by atoms with Crippen molar-refractivity contribution in [3.63, 3.8) is 0 Å². The molecule has 1 N–H and O–H groups in total. The minimum Gasteiger partial charge on any atom is -0.497 e. The number of carbonyl (C=O) groups excluding carboxylic acids is 1. The van der Waals surface area contributed by atoms with Crippen LogP contribution in [0.5, 0.6) is 11.8 Å². The lowest BCUT2D eigenvalue weighted by molar-refractivity contribution is 0.0662. The molecule has 0 saturated carbocycles. The zero-order chi connectivity index (χ0) is 19.5. The molecule has 0 spiro atoms. The van der Waals surface area contributed by atoms with Crippen LogP contribution in [0.25, 0.3) is 10.9 Å². The van der Waals surface area contributed by atoms with Crippen molar-refractivity contribution >= 4 is 28.6 Å². The average molecular weight is 396 g/mol. The van der Waals surface area contributed by atoms with Gasteiger partial charge in [0.1, 0.15) is 5.75 Å². The maximum atomic E-state index is 12.2. The van der Waals surface area contributed by atoms with Gasteiger partial charge >= 0.3 is 12.0 Å². The summed E-state index contributed by atoms with van der Waals surface area (Å²) < 4.78 is 15.4. The first-order valence-corrected chi connectivity index (χ1v) is 8.81. The number of aromatic amines is 1. The molecule has 0 aliphatic carbocycles. The molecule has 0 radical (unpaired) electrons. The van der Waals surface area contributed by atoms with Crippen LogP contribution in [-0.2, 0) is 0 Å². The molecule has 2 aromatic heterocycles. The van der Waals surface area contributed by atoms with Crippen LogP contribution in [0.2, 0.25) is 0 Å². The van der Waals surface area contributed by atoms with Gasteiger partial charge in [0.2, 0.25) is 5.82 Å². The molecule has 0 aliphatic rings. The number of hydrogen-bond donors (Lipinski definition) is 1. The summed E-state index contributed by atoms with van der Waals surface area (Å²) in [7, 11) is 1.58. The number of nitrogens with zero attached hydrogens (tertiary/aromatic N) is 3. The molecule has 0 fully saturated rings. The number of esters is 1. The van der Waals surface area contributed by atoms with Crippen LogP contribution < -0.4 is 15.0 Å². The van der Waals surface area contributed by atoms with Crippen molar-refractivity contribution in [3.8, 4) is 11.8 Å². The van der Waals surface area contributed by atoms with Crippen LogP contribution in [-0.4, -0.2) is 33.2 Å². The van der Waals surface area contributed by atoms with Gasteiger partial charge in [-0.25, -0.2) is 9.78 Å². The van der Waals surface area contributed by atoms with Crippen molar-refractivity contribution in [2.24, 2.45) is 0 Å². The monoisotopic (exact) mass is 396 g/mol. The SMILES string of the molecule is COc1ccc(Sc2nnc(OC(=O)c3nc4ccccc4c(=O)[nH]3)o2)cc1. The van der Waals surface area contributed by atoms with E-state index in [4.69, 9.17) is 13.9 Å². The number of aromatic nitrogens is 4. The molecule has 0 amide bonds. The zero-order valence-electron chi connectivity index (χ0n) is 14.4. The fourth-order valence-corrected chi connectivity index (χ4v) is 3.00. The summed E-state index contributed by atoms with van der Waals surface area (Å²) >= 11 is 1.19. The van der Waals surface area contributed by atoms with E-state index in [0.717, 1.165) is 10.6 Å². The number of benzene rings is 2. The Morgan fingerprint density at radius 3 is 2.68 bits per heavy atom. The van der Waals surface area contributed by atoms with Crippen LogP contribution in [0.1, 0.15) is 10.6 Å². The van der Waals surface area contributed by atoms with E-state index in [1.807, 2.05) is 12.1 Å². The van der Waals surface area contributed by atoms with Gasteiger partial charge in [-0.1, -0.05) is 22.3 Å². The smallest absolute Gasteiger partial charge is 0.423 e. The van der Waals surface area contributed by atoms with E-state index in [2.05, 4.69) is 20.2 Å². The Balaban J connectivity index is 1.49. The van der Waals surface area contributed by atoms with E-state index < -0.39 is 11.5 Å². The zero-order valence-corrected chi connectivity index (χ0v) is 15.2. The molecular formula is C18H12N4O5S. The van der Waals surface area contributed by atoms with Gasteiger partial charge in [-0.05, 0) is 48.2 Å². The van der Waals surface area contributed by atoms with Crippen LogP contribution in [0.4, 0.5) is 0 Å². The number of hydrogen-bond acceptors (Lipinski definition) is 9. The normalized spacial score (nSPS) is 10.8. The molecule has 28 heavy (non-hydrogen) atoms. The Morgan fingerprint density at radius 1 is 1.11 bits per heavy atom. The van der Waals surface area contributed by atoms with Gasteiger partial charge < -0.3 is 18.9 Å². The van der Waals surface area contributed by atoms with Gasteiger partial charge in [0.05, 0.1) is 18.0 Å². The molecule has 4 aromatic rings. The van der Waals surface area contributed by atoms with E-state index in [1.165, 1.54) is 11.8 Å². The summed E-state index contributed by atoms with van der Waals surface area (Å²) in [6, 6.07) is 13.9. The fourth-order valence-electron chi connectivity index (χ4n) is 2.33. The Labute approximate surface area is 161 Å². The topological polar surface area (TPSA) is 120 Å². The minimum absolute atomic E-state index is 0.188. The minimum atomic E-state index is -0.910. The quantitative estimate of drug-likeness (QED) is 0.508. The van der Waals surface area contributed by atoms with Crippen molar-refractivity contribution in [1.82, 2.24) is 20.2 Å². The predicted molar refractivity (Wildman–Crippen MR) is 98.7 cm³/mol. The van der Waals surface area contributed by atoms with E-state index >= 15 is 0 Å². The molecule has 9 nitrogen and oxygen atoms in total. The molecule has 0 saturated heterocycles. The van der Waals surface area contributed by atoms with Crippen LogP contribution in [0, 0.1) is 0 Å². The second kappa shape index (κ2) is 7.53. The van der Waals surface area contributed by atoms with Crippen molar-refractivity contribution in [3.05, 3.63) is 64.7 Å². The van der Waals surface area contributed by atoms with Gasteiger partial charge in [0.25, 0.3) is 10.8 Å². The Hall–Kier alpha value is -3.66. The highest BCUT2D eigenvalue weighted by atomic mass is 32.2. The fraction of sp³-hybridized carbons (Fsp3) is 0.0556. The second-order valence-electron chi connectivity index (χ2n) is 5.43. The molecule has 4 rings (SSSR count). The van der Waals surface area contributed by atoms with Crippen LogP contribution >= 0.6 is 11.8 Å². The van der Waals surface area contributed by atoms with Crippen LogP contribution in [0.3, 0.4) is 0 Å². The third-order valence-corrected chi connectivity index (χ3v) is 4.49. The number of fused-ring (bicyclic) bond motifs is 1. The van der Waals surface area contributed by atoms with Gasteiger partial charge in [-0.3, -0.25) is 4.79 Å². The molecule has 0 aliphatic heterocycles. The van der Waals surface area contributed by atoms with Crippen molar-refractivity contribution in [2.75, 3.05) is 7.11 Å². The standard InChI is InChI=1S/C18H12N4O5S/c1-25-10-6-8-11(9-7-10)28-18-22-21-17(27-18)26-16(24)14-19-13-5-3-2-4-12(13)15(23)20-14/h2-9H,1H3,(H,19,20,23). The summed E-state index contributed by atoms with van der Waals surface area (Å²) in [5, 5.41) is 8.04. The molecule has 0 bridgehead atoms. The highest BCUT2D eigenvalue weighted by Crippen LogP contribution is 2.29. The number of H-pyrrole nitrogens is 1. The number of carbonyl (C=O) groups is 1. The number of ether oxygens (including phenoxy) is 2. The Morgan fingerprint density at radius 2 is 1.89 bits per heavy atom. The van der Waals surface area contributed by atoms with E-state index in [1.54, 1.807) is 43.5 Å². The molecule has 10 heteroatoms. The molecule has 140 valence electrons. The van der Waals surface area contributed by atoms with E-state index in [9.17, 15) is 9.59 Å². The summed E-state index contributed by atoms with van der Waals surface area (Å²) in [4.78, 5) is 31.6. The third kappa shape index (κ3) is 3.71. The maximum Gasteiger partial charge on any atom is 0.423 e. The average Bonchev–Trinajstić information content (AvgIpc) is 3.15. The number of para-hydroxylation sites is 1.